The molecule has 6 fully saturated rings. The monoisotopic (exact) mass is 595 g/mol. The molecule has 7 unspecified atom stereocenters. The molecule has 0 amide bonds. The minimum Gasteiger partial charge on any atom is -0.459 e. The second-order valence-corrected chi connectivity index (χ2v) is 13.8. The molecule has 5 aliphatic carbocycles. The van der Waals surface area contributed by atoms with Crippen LogP contribution in [0.5, 0.6) is 0 Å². The maximum atomic E-state index is 13.1. The molecule has 238 valence electrons. The fourth-order valence-electron chi connectivity index (χ4n) is 12.0. The first kappa shape index (κ1) is 30.7. The van der Waals surface area contributed by atoms with Gasteiger partial charge in [0.15, 0.2) is 5.60 Å². The van der Waals surface area contributed by atoms with Crippen molar-refractivity contribution in [1.82, 2.24) is 4.90 Å². The Balaban J connectivity index is 1.70. The van der Waals surface area contributed by atoms with E-state index in [1.165, 1.54) is 14.0 Å². The number of methoxy groups -OCH3 is 3. The van der Waals surface area contributed by atoms with Gasteiger partial charge in [0.1, 0.15) is 23.9 Å². The lowest BCUT2D eigenvalue weighted by atomic mass is 9.42. The van der Waals surface area contributed by atoms with Crippen molar-refractivity contribution in [2.75, 3.05) is 34.4 Å². The highest BCUT2D eigenvalue weighted by molar-refractivity contribution is 5.70. The molecule has 5 saturated carbocycles. The van der Waals surface area contributed by atoms with Crippen molar-refractivity contribution in [3.8, 4) is 0 Å². The van der Waals surface area contributed by atoms with Crippen LogP contribution in [0.4, 0.5) is 0 Å². The second-order valence-electron chi connectivity index (χ2n) is 13.8. The third-order valence-corrected chi connectivity index (χ3v) is 12.9. The van der Waals surface area contributed by atoms with E-state index in [1.54, 1.807) is 14.2 Å². The van der Waals surface area contributed by atoms with E-state index in [0.717, 1.165) is 0 Å². The van der Waals surface area contributed by atoms with Gasteiger partial charge in [0, 0.05) is 82.3 Å². The van der Waals surface area contributed by atoms with Crippen molar-refractivity contribution in [3.63, 3.8) is 0 Å². The van der Waals surface area contributed by atoms with Gasteiger partial charge >= 0.3 is 11.9 Å². The zero-order chi connectivity index (χ0) is 30.6. The first-order valence-corrected chi connectivity index (χ1v) is 15.8. The van der Waals surface area contributed by atoms with E-state index in [2.05, 4.69) is 18.7 Å². The Kier molecular flexibility index (Phi) is 7.37. The predicted octanol–water partition coefficient (Wildman–Crippen LogP) is 0.898. The number of hydrogen-bond acceptors (Lipinski definition) is 11. The SMILES string of the molecule is CCCC(=O)O[C@@H]1C2[C@@H]3C[C@]1(O)[C@@H](OC)[C@H](O)[C@]2(OC(C)=O)C1C(OC)C2C4(CC)CN(CC)C1C23[C@@H](OC)C[C@H]4O. The van der Waals surface area contributed by atoms with Crippen molar-refractivity contribution in [1.29, 1.82) is 0 Å². The number of carbonyl (C=O) groups excluding carboxylic acids is 2. The third kappa shape index (κ3) is 3.26. The summed E-state index contributed by atoms with van der Waals surface area (Å²) in [5, 5.41) is 36.8. The van der Waals surface area contributed by atoms with Gasteiger partial charge in [-0.3, -0.25) is 14.5 Å². The largest absolute Gasteiger partial charge is 0.459 e. The summed E-state index contributed by atoms with van der Waals surface area (Å²) in [5.41, 5.74) is -4.54. The molecule has 11 heteroatoms. The van der Waals surface area contributed by atoms with Gasteiger partial charge < -0.3 is 39.0 Å². The molecule has 0 aromatic heterocycles. The van der Waals surface area contributed by atoms with Gasteiger partial charge in [-0.2, -0.15) is 0 Å². The molecule has 6 rings (SSSR count). The maximum Gasteiger partial charge on any atom is 0.306 e. The number of nitrogens with zero attached hydrogens (tertiary/aromatic N) is 1. The van der Waals surface area contributed by atoms with Gasteiger partial charge in [0.25, 0.3) is 0 Å². The van der Waals surface area contributed by atoms with Crippen LogP contribution in [0, 0.1) is 34.5 Å². The van der Waals surface area contributed by atoms with Crippen molar-refractivity contribution >= 4 is 11.9 Å². The Labute approximate surface area is 248 Å². The molecular weight excluding hydrogens is 546 g/mol. The zero-order valence-corrected chi connectivity index (χ0v) is 25.9. The molecule has 11 nitrogen and oxygen atoms in total. The molecule has 42 heavy (non-hydrogen) atoms. The van der Waals surface area contributed by atoms with Crippen molar-refractivity contribution in [3.05, 3.63) is 0 Å². The molecule has 1 heterocycles. The number of hydrogen-bond donors (Lipinski definition) is 3. The molecule has 0 radical (unpaired) electrons. The molecule has 1 aliphatic heterocycles. The van der Waals surface area contributed by atoms with E-state index in [4.69, 9.17) is 23.7 Å². The number of esters is 2. The number of piperidine rings is 1. The summed E-state index contributed by atoms with van der Waals surface area (Å²) in [5.74, 6) is -2.97. The van der Waals surface area contributed by atoms with Crippen molar-refractivity contribution in [2.45, 2.75) is 114 Å². The molecule has 1 spiro atoms. The average Bonchev–Trinajstić information content (AvgIpc) is 3.32. The van der Waals surface area contributed by atoms with E-state index >= 15 is 0 Å². The summed E-state index contributed by atoms with van der Waals surface area (Å²) in [4.78, 5) is 28.6. The third-order valence-electron chi connectivity index (χ3n) is 12.9. The summed E-state index contributed by atoms with van der Waals surface area (Å²) in [6.45, 7) is 8.68. The molecule has 3 N–H and O–H groups in total. The highest BCUT2D eigenvalue weighted by Gasteiger charge is 2.92. The van der Waals surface area contributed by atoms with Crippen LogP contribution < -0.4 is 0 Å². The molecule has 0 aromatic rings. The molecular formula is C31H49NO10. The average molecular weight is 596 g/mol. The summed E-state index contributed by atoms with van der Waals surface area (Å²) in [6.07, 6.45) is -3.30. The van der Waals surface area contributed by atoms with E-state index in [0.29, 0.717) is 32.4 Å². The van der Waals surface area contributed by atoms with E-state index in [-0.39, 0.29) is 24.8 Å². The number of likely N-dealkylation sites (tertiary alicyclic amines) is 1. The van der Waals surface area contributed by atoms with Gasteiger partial charge in [0.2, 0.25) is 0 Å². The fraction of sp³-hybridized carbons (Fsp3) is 0.935. The number of rotatable bonds is 9. The summed E-state index contributed by atoms with van der Waals surface area (Å²) >= 11 is 0. The van der Waals surface area contributed by atoms with Crippen LogP contribution in [0.15, 0.2) is 0 Å². The van der Waals surface area contributed by atoms with Crippen LogP contribution in [0.1, 0.15) is 59.8 Å². The number of aliphatic hydroxyl groups excluding tert-OH is 2. The van der Waals surface area contributed by atoms with Crippen molar-refractivity contribution in [2.24, 2.45) is 34.5 Å². The highest BCUT2D eigenvalue weighted by atomic mass is 16.6. The van der Waals surface area contributed by atoms with Crippen molar-refractivity contribution < 1.29 is 48.6 Å². The Bertz CT molecular complexity index is 1110. The van der Waals surface area contributed by atoms with Crippen LogP contribution in [-0.4, -0.2) is 120 Å². The number of fused-ring (bicyclic) bond motifs is 2. The van der Waals surface area contributed by atoms with E-state index in [9.17, 15) is 24.9 Å². The van der Waals surface area contributed by atoms with E-state index < -0.39 is 88.3 Å². The maximum absolute atomic E-state index is 13.1. The standard InChI is InChI=1S/C31H49NO10/c1-8-11-19(35)41-26-20-16-13-29(26,37)27(40-7)25(36)31(20,42-15(4)33)21-22(39-6)23-28(9-2)14-32(10-3)24(21)30(16,23)18(38-5)12-17(28)34/h16-18,20-27,34,36-37H,8-14H2,1-7H3/t16-,17+,18-,20?,21?,22?,23?,24?,25-,26+,27-,28?,29+,30?,31+/m0/s1. The summed E-state index contributed by atoms with van der Waals surface area (Å²) in [7, 11) is 4.73. The smallest absolute Gasteiger partial charge is 0.306 e. The summed E-state index contributed by atoms with van der Waals surface area (Å²) in [6, 6.07) is -0.255. The second kappa shape index (κ2) is 10.1. The molecule has 1 saturated heterocycles. The van der Waals surface area contributed by atoms with Crippen LogP contribution >= 0.6 is 0 Å². The number of aliphatic hydroxyl groups is 3. The minimum absolute atomic E-state index is 0.157. The molecule has 0 aromatic carbocycles. The van der Waals surface area contributed by atoms with Crippen LogP contribution in [0.2, 0.25) is 0 Å². The Morgan fingerprint density at radius 3 is 2.26 bits per heavy atom. The number of ether oxygens (including phenoxy) is 5. The normalized spacial score (nSPS) is 53.6. The fourth-order valence-corrected chi connectivity index (χ4v) is 12.0. The summed E-state index contributed by atoms with van der Waals surface area (Å²) < 4.78 is 31.2. The lowest BCUT2D eigenvalue weighted by molar-refractivity contribution is -0.322. The van der Waals surface area contributed by atoms with Gasteiger partial charge in [-0.1, -0.05) is 20.8 Å². The Morgan fingerprint density at radius 2 is 1.71 bits per heavy atom. The van der Waals surface area contributed by atoms with Crippen LogP contribution in [0.25, 0.3) is 0 Å². The van der Waals surface area contributed by atoms with Gasteiger partial charge in [0.05, 0.1) is 18.3 Å². The topological polar surface area (TPSA) is 144 Å². The minimum atomic E-state index is -1.73. The van der Waals surface area contributed by atoms with Crippen LogP contribution in [0.3, 0.4) is 0 Å². The molecule has 6 aliphatic rings. The van der Waals surface area contributed by atoms with E-state index in [1.807, 2.05) is 6.92 Å². The predicted molar refractivity (Wildman–Crippen MR) is 148 cm³/mol. The first-order valence-electron chi connectivity index (χ1n) is 15.8. The van der Waals surface area contributed by atoms with Gasteiger partial charge in [-0.15, -0.1) is 0 Å². The lowest BCUT2D eigenvalue weighted by Gasteiger charge is -2.70. The lowest BCUT2D eigenvalue weighted by Crippen LogP contribution is -2.81. The first-order chi connectivity index (χ1) is 20.0. The quantitative estimate of drug-likeness (QED) is 0.327. The molecule has 15 atom stereocenters. The Morgan fingerprint density at radius 1 is 1.00 bits per heavy atom. The van der Waals surface area contributed by atoms with Gasteiger partial charge in [-0.05, 0) is 31.7 Å². The highest BCUT2D eigenvalue weighted by Crippen LogP contribution is 2.81. The molecule has 7 bridgehead atoms. The van der Waals surface area contributed by atoms with Crippen LogP contribution in [-0.2, 0) is 33.3 Å². The Hall–Kier alpha value is -1.34. The zero-order valence-electron chi connectivity index (χ0n) is 25.9. The van der Waals surface area contributed by atoms with Gasteiger partial charge in [-0.25, -0.2) is 0 Å². The number of carbonyl (C=O) groups is 2.